The molecule has 0 aromatic carbocycles. The molecule has 0 amide bonds. The smallest absolute Gasteiger partial charge is 0.275 e. The lowest BCUT2D eigenvalue weighted by molar-refractivity contribution is -0.624. The molecule has 1 unspecified atom stereocenters. The second-order valence-electron chi connectivity index (χ2n) is 3.04. The lowest BCUT2D eigenvalue weighted by Gasteiger charge is -2.17. The summed E-state index contributed by atoms with van der Waals surface area (Å²) in [5.41, 5.74) is -0.360. The third-order valence-corrected chi connectivity index (χ3v) is 2.96. The molecule has 0 bridgehead atoms. The number of Topliss-reactive ketones (excluding diaryl/α,β-unsaturated/α-hetero) is 1. The van der Waals surface area contributed by atoms with Crippen molar-refractivity contribution in [2.45, 2.75) is 12.2 Å². The lowest BCUT2D eigenvalue weighted by Crippen LogP contribution is -2.32. The largest absolute Gasteiger partial charge is 0.295 e. The Hall–Kier alpha value is -1.74. The minimum absolute atomic E-state index is 0.360. The van der Waals surface area contributed by atoms with Crippen molar-refractivity contribution in [2.24, 2.45) is 0 Å². The number of rotatable bonds is 3. The molecule has 0 aliphatic carbocycles. The van der Waals surface area contributed by atoms with Crippen LogP contribution in [0.2, 0.25) is 0 Å². The van der Waals surface area contributed by atoms with E-state index in [0.717, 1.165) is 25.4 Å². The molecule has 16 heavy (non-hydrogen) atoms. The number of hydrazine groups is 1. The van der Waals surface area contributed by atoms with Crippen LogP contribution in [0.5, 0.6) is 0 Å². The van der Waals surface area contributed by atoms with Crippen LogP contribution in [-0.2, 0) is 14.9 Å². The Bertz CT molecular complexity index is 491. The van der Waals surface area contributed by atoms with Crippen LogP contribution >= 0.6 is 0 Å². The van der Waals surface area contributed by atoms with Gasteiger partial charge in [-0.25, -0.2) is 10.1 Å². The average molecular weight is 248 g/mol. The van der Waals surface area contributed by atoms with E-state index in [1.165, 1.54) is 0 Å². The standard InChI is InChI=1S/C7H8N2O6S/c1-5(10)6-4-8(9(11)12)3-2-7(6)16(13,14)15/h2-4,7H,1H3,(H,13,14,15). The van der Waals surface area contributed by atoms with E-state index in [1.807, 2.05) is 0 Å². The minimum atomic E-state index is -4.49. The van der Waals surface area contributed by atoms with E-state index in [1.54, 1.807) is 0 Å². The maximum Gasteiger partial charge on any atom is 0.275 e. The molecule has 0 spiro atoms. The second-order valence-corrected chi connectivity index (χ2v) is 4.57. The number of nitro groups is 1. The lowest BCUT2D eigenvalue weighted by atomic mass is 10.1. The number of hydrogen-bond donors (Lipinski definition) is 1. The summed E-state index contributed by atoms with van der Waals surface area (Å²) in [6.45, 7) is 1.06. The Morgan fingerprint density at radius 1 is 1.62 bits per heavy atom. The summed E-state index contributed by atoms with van der Waals surface area (Å²) in [6.07, 6.45) is 2.49. The Balaban J connectivity index is 3.20. The van der Waals surface area contributed by atoms with E-state index in [-0.39, 0.29) is 5.57 Å². The molecule has 0 saturated heterocycles. The van der Waals surface area contributed by atoms with Crippen LogP contribution in [-0.4, -0.2) is 34.0 Å². The Labute approximate surface area is 90.7 Å². The fraction of sp³-hybridized carbons (Fsp3) is 0.286. The van der Waals surface area contributed by atoms with Gasteiger partial charge in [0.05, 0.1) is 12.4 Å². The predicted octanol–water partition coefficient (Wildman–Crippen LogP) is -0.263. The minimum Gasteiger partial charge on any atom is -0.295 e. The quantitative estimate of drug-likeness (QED) is 0.415. The molecule has 0 aromatic heterocycles. The third kappa shape index (κ3) is 2.44. The van der Waals surface area contributed by atoms with Crippen LogP contribution in [0.25, 0.3) is 0 Å². The highest BCUT2D eigenvalue weighted by atomic mass is 32.2. The van der Waals surface area contributed by atoms with Crippen molar-refractivity contribution in [1.82, 2.24) is 5.01 Å². The van der Waals surface area contributed by atoms with Crippen LogP contribution in [0.3, 0.4) is 0 Å². The topological polar surface area (TPSA) is 118 Å². The van der Waals surface area contributed by atoms with Crippen molar-refractivity contribution in [1.29, 1.82) is 0 Å². The molecular formula is C7H8N2O6S. The van der Waals surface area contributed by atoms with Gasteiger partial charge in [-0.15, -0.1) is 0 Å². The highest BCUT2D eigenvalue weighted by Gasteiger charge is 2.32. The number of nitrogens with zero attached hydrogens (tertiary/aromatic N) is 2. The fourth-order valence-electron chi connectivity index (χ4n) is 1.18. The van der Waals surface area contributed by atoms with E-state index >= 15 is 0 Å². The molecule has 1 aliphatic heterocycles. The Morgan fingerprint density at radius 3 is 2.56 bits per heavy atom. The molecule has 9 heteroatoms. The zero-order chi connectivity index (χ0) is 12.5. The zero-order valence-corrected chi connectivity index (χ0v) is 8.92. The summed E-state index contributed by atoms with van der Waals surface area (Å²) in [6, 6.07) is 0. The van der Waals surface area contributed by atoms with Gasteiger partial charge < -0.3 is 0 Å². The Kier molecular flexibility index (Phi) is 3.10. The van der Waals surface area contributed by atoms with Gasteiger partial charge in [0, 0.05) is 5.57 Å². The number of ketones is 1. The molecule has 8 nitrogen and oxygen atoms in total. The highest BCUT2D eigenvalue weighted by Crippen LogP contribution is 2.19. The highest BCUT2D eigenvalue weighted by molar-refractivity contribution is 7.86. The molecule has 1 rings (SSSR count). The molecule has 1 heterocycles. The molecule has 1 atom stereocenters. The molecule has 1 N–H and O–H groups in total. The third-order valence-electron chi connectivity index (χ3n) is 1.91. The van der Waals surface area contributed by atoms with Gasteiger partial charge in [0.25, 0.3) is 10.1 Å². The number of carbonyl (C=O) groups is 1. The van der Waals surface area contributed by atoms with Crippen LogP contribution in [0.15, 0.2) is 24.0 Å². The van der Waals surface area contributed by atoms with Gasteiger partial charge >= 0.3 is 0 Å². The van der Waals surface area contributed by atoms with Gasteiger partial charge in [0.15, 0.2) is 10.8 Å². The maximum atomic E-state index is 11.1. The van der Waals surface area contributed by atoms with Gasteiger partial charge in [-0.1, -0.05) is 5.01 Å². The predicted molar refractivity (Wildman–Crippen MR) is 52.1 cm³/mol. The monoisotopic (exact) mass is 248 g/mol. The molecule has 1 aliphatic rings. The molecule has 0 saturated carbocycles. The summed E-state index contributed by atoms with van der Waals surface area (Å²) in [5.74, 6) is -0.668. The first kappa shape index (κ1) is 12.3. The van der Waals surface area contributed by atoms with Crippen LogP contribution in [0.1, 0.15) is 6.92 Å². The molecule has 0 fully saturated rings. The normalized spacial score (nSPS) is 20.5. The maximum absolute atomic E-state index is 11.1. The first-order valence-corrected chi connectivity index (χ1v) is 5.53. The fourth-order valence-corrected chi connectivity index (χ4v) is 2.00. The second kappa shape index (κ2) is 4.02. The summed E-state index contributed by atoms with van der Waals surface area (Å²) >= 11 is 0. The molecule has 88 valence electrons. The van der Waals surface area contributed by atoms with E-state index < -0.39 is 26.2 Å². The summed E-state index contributed by atoms with van der Waals surface area (Å²) in [4.78, 5) is 21.5. The van der Waals surface area contributed by atoms with Gasteiger partial charge in [-0.3, -0.25) is 9.35 Å². The van der Waals surface area contributed by atoms with Gasteiger partial charge in [-0.2, -0.15) is 8.42 Å². The van der Waals surface area contributed by atoms with Crippen molar-refractivity contribution in [3.8, 4) is 0 Å². The molecule has 0 radical (unpaired) electrons. The van der Waals surface area contributed by atoms with Crippen LogP contribution in [0, 0.1) is 10.1 Å². The first-order valence-electron chi connectivity index (χ1n) is 4.03. The van der Waals surface area contributed by atoms with Crippen molar-refractivity contribution in [2.75, 3.05) is 0 Å². The molecular weight excluding hydrogens is 240 g/mol. The SMILES string of the molecule is CC(=O)C1=CN([N+](=O)[O-])C=CC1S(=O)(=O)O. The van der Waals surface area contributed by atoms with E-state index in [2.05, 4.69) is 0 Å². The summed E-state index contributed by atoms with van der Waals surface area (Å²) in [7, 11) is -4.49. The van der Waals surface area contributed by atoms with Crippen molar-refractivity contribution in [3.05, 3.63) is 34.2 Å². The first-order chi connectivity index (χ1) is 7.23. The van der Waals surface area contributed by atoms with Crippen molar-refractivity contribution < 1.29 is 22.8 Å². The zero-order valence-electron chi connectivity index (χ0n) is 8.10. The summed E-state index contributed by atoms with van der Waals surface area (Å²) in [5, 5.41) is 8.45. The Morgan fingerprint density at radius 2 is 2.19 bits per heavy atom. The van der Waals surface area contributed by atoms with Crippen molar-refractivity contribution in [3.63, 3.8) is 0 Å². The van der Waals surface area contributed by atoms with Gasteiger partial charge in [0.1, 0.15) is 5.25 Å². The van der Waals surface area contributed by atoms with Gasteiger partial charge in [0.2, 0.25) is 0 Å². The van der Waals surface area contributed by atoms with Crippen molar-refractivity contribution >= 4 is 15.9 Å². The number of carbonyl (C=O) groups excluding carboxylic acids is 1. The van der Waals surface area contributed by atoms with E-state index in [4.69, 9.17) is 4.55 Å². The van der Waals surface area contributed by atoms with E-state index in [9.17, 15) is 23.3 Å². The van der Waals surface area contributed by atoms with Crippen LogP contribution < -0.4 is 0 Å². The molecule has 0 aromatic rings. The van der Waals surface area contributed by atoms with Gasteiger partial charge in [-0.05, 0) is 13.0 Å². The van der Waals surface area contributed by atoms with Crippen LogP contribution in [0.4, 0.5) is 0 Å². The number of hydrogen-bond acceptors (Lipinski definition) is 5. The summed E-state index contributed by atoms with van der Waals surface area (Å²) < 4.78 is 30.6. The average Bonchev–Trinajstić information content (AvgIpc) is 2.15. The van der Waals surface area contributed by atoms with E-state index in [0.29, 0.717) is 5.01 Å².